The summed E-state index contributed by atoms with van der Waals surface area (Å²) in [5.74, 6) is 1.40. The van der Waals surface area contributed by atoms with Crippen molar-refractivity contribution in [2.45, 2.75) is 18.9 Å². The zero-order chi connectivity index (χ0) is 15.8. The number of carbonyl (C=O) groups excluding carboxylic acids is 1. The number of nitrogens with one attached hydrogen (secondary N) is 1. The minimum Gasteiger partial charge on any atom is -0.454 e. The van der Waals surface area contributed by atoms with Crippen molar-refractivity contribution in [1.29, 1.82) is 0 Å². The van der Waals surface area contributed by atoms with Crippen LogP contribution in [-0.2, 0) is 0 Å². The lowest BCUT2D eigenvalue weighted by molar-refractivity contribution is 0.0735. The summed E-state index contributed by atoms with van der Waals surface area (Å²) < 4.78 is 10.8. The number of amides is 1. The maximum Gasteiger partial charge on any atom is 0.255 e. The van der Waals surface area contributed by atoms with E-state index in [2.05, 4.69) is 4.98 Å². The fourth-order valence-corrected chi connectivity index (χ4v) is 3.19. The number of hydrogen-bond donors (Lipinski definition) is 1. The van der Waals surface area contributed by atoms with E-state index in [0.29, 0.717) is 12.1 Å². The van der Waals surface area contributed by atoms with Crippen LogP contribution in [0.25, 0.3) is 0 Å². The standard InChI is InChI=1S/C17H16N2O4/c20-16-6-4-12(9-18-16)17(21)19-7-1-2-13(19)11-3-5-14-15(8-11)23-10-22-14/h3-6,8-9,13H,1-2,7,10H2,(H,18,20). The molecule has 23 heavy (non-hydrogen) atoms. The highest BCUT2D eigenvalue weighted by Gasteiger charge is 2.31. The molecular formula is C17H16N2O4. The number of hydrogen-bond acceptors (Lipinski definition) is 4. The molecule has 0 saturated carbocycles. The van der Waals surface area contributed by atoms with Crippen LogP contribution in [0.1, 0.15) is 34.8 Å². The van der Waals surface area contributed by atoms with Gasteiger partial charge in [-0.2, -0.15) is 0 Å². The van der Waals surface area contributed by atoms with Crippen molar-refractivity contribution in [2.24, 2.45) is 0 Å². The van der Waals surface area contributed by atoms with Gasteiger partial charge in [0, 0.05) is 18.8 Å². The number of carbonyl (C=O) groups is 1. The first-order valence-electron chi connectivity index (χ1n) is 7.61. The number of fused-ring (bicyclic) bond motifs is 1. The van der Waals surface area contributed by atoms with Crippen LogP contribution in [0.3, 0.4) is 0 Å². The summed E-state index contributed by atoms with van der Waals surface area (Å²) in [6.07, 6.45) is 3.34. The van der Waals surface area contributed by atoms with Crippen LogP contribution in [0.5, 0.6) is 11.5 Å². The van der Waals surface area contributed by atoms with E-state index in [0.717, 1.165) is 29.9 Å². The van der Waals surface area contributed by atoms with Crippen molar-refractivity contribution < 1.29 is 14.3 Å². The number of nitrogens with zero attached hydrogens (tertiary/aromatic N) is 1. The van der Waals surface area contributed by atoms with Gasteiger partial charge in [0.1, 0.15) is 0 Å². The number of ether oxygens (including phenoxy) is 2. The Labute approximate surface area is 132 Å². The Bertz CT molecular complexity index is 794. The average molecular weight is 312 g/mol. The SMILES string of the molecule is O=C(c1ccc(=O)[nH]c1)N1CCCC1c1ccc2c(c1)OCO2. The fourth-order valence-electron chi connectivity index (χ4n) is 3.19. The molecule has 1 fully saturated rings. The van der Waals surface area contributed by atoms with Gasteiger partial charge in [0.25, 0.3) is 5.91 Å². The Balaban J connectivity index is 1.62. The molecule has 3 heterocycles. The summed E-state index contributed by atoms with van der Waals surface area (Å²) in [5.41, 5.74) is 1.33. The quantitative estimate of drug-likeness (QED) is 0.921. The van der Waals surface area contributed by atoms with E-state index in [4.69, 9.17) is 9.47 Å². The van der Waals surface area contributed by atoms with E-state index in [9.17, 15) is 9.59 Å². The molecule has 0 radical (unpaired) electrons. The molecule has 1 amide bonds. The second-order valence-electron chi connectivity index (χ2n) is 5.71. The maximum absolute atomic E-state index is 12.7. The Morgan fingerprint density at radius 3 is 2.87 bits per heavy atom. The van der Waals surface area contributed by atoms with Crippen LogP contribution in [0.4, 0.5) is 0 Å². The fraction of sp³-hybridized carbons (Fsp3) is 0.294. The van der Waals surface area contributed by atoms with Crippen LogP contribution in [0, 0.1) is 0 Å². The molecule has 2 aliphatic rings. The highest BCUT2D eigenvalue weighted by Crippen LogP contribution is 2.39. The molecule has 6 heteroatoms. The van der Waals surface area contributed by atoms with Gasteiger partial charge in [-0.05, 0) is 36.6 Å². The second-order valence-corrected chi connectivity index (χ2v) is 5.71. The molecule has 118 valence electrons. The molecule has 0 aliphatic carbocycles. The zero-order valence-electron chi connectivity index (χ0n) is 12.5. The monoisotopic (exact) mass is 312 g/mol. The van der Waals surface area contributed by atoms with Crippen LogP contribution < -0.4 is 15.0 Å². The maximum atomic E-state index is 12.7. The highest BCUT2D eigenvalue weighted by molar-refractivity contribution is 5.94. The molecule has 1 aromatic carbocycles. The highest BCUT2D eigenvalue weighted by atomic mass is 16.7. The normalized spacial score (nSPS) is 19.1. The summed E-state index contributed by atoms with van der Waals surface area (Å²) in [5, 5.41) is 0. The number of likely N-dealkylation sites (tertiary alicyclic amines) is 1. The third kappa shape index (κ3) is 2.46. The topological polar surface area (TPSA) is 71.6 Å². The van der Waals surface area contributed by atoms with Gasteiger partial charge in [0.05, 0.1) is 11.6 Å². The van der Waals surface area contributed by atoms with Crippen molar-refractivity contribution in [3.63, 3.8) is 0 Å². The third-order valence-corrected chi connectivity index (χ3v) is 4.33. The van der Waals surface area contributed by atoms with E-state index in [1.54, 1.807) is 6.07 Å². The predicted octanol–water partition coefficient (Wildman–Crippen LogP) is 2.08. The smallest absolute Gasteiger partial charge is 0.255 e. The lowest BCUT2D eigenvalue weighted by Gasteiger charge is -2.25. The molecule has 1 atom stereocenters. The van der Waals surface area contributed by atoms with Crippen molar-refractivity contribution >= 4 is 5.91 Å². The average Bonchev–Trinajstić information content (AvgIpc) is 3.23. The van der Waals surface area contributed by atoms with Gasteiger partial charge in [-0.15, -0.1) is 0 Å². The number of aromatic amines is 1. The van der Waals surface area contributed by atoms with Gasteiger partial charge in [-0.3, -0.25) is 9.59 Å². The van der Waals surface area contributed by atoms with Gasteiger partial charge < -0.3 is 19.4 Å². The molecule has 1 saturated heterocycles. The first kappa shape index (κ1) is 13.9. The Morgan fingerprint density at radius 2 is 2.04 bits per heavy atom. The Hall–Kier alpha value is -2.76. The van der Waals surface area contributed by atoms with Gasteiger partial charge in [-0.1, -0.05) is 6.07 Å². The minimum atomic E-state index is -0.213. The van der Waals surface area contributed by atoms with Crippen LogP contribution >= 0.6 is 0 Å². The van der Waals surface area contributed by atoms with Crippen molar-refractivity contribution in [1.82, 2.24) is 9.88 Å². The van der Waals surface area contributed by atoms with Crippen LogP contribution in [0.2, 0.25) is 0 Å². The molecule has 0 spiro atoms. The number of benzene rings is 1. The molecule has 4 rings (SSSR count). The molecule has 1 N–H and O–H groups in total. The van der Waals surface area contributed by atoms with E-state index in [1.807, 2.05) is 23.1 Å². The Kier molecular flexibility index (Phi) is 3.29. The first-order chi connectivity index (χ1) is 11.2. The first-order valence-corrected chi connectivity index (χ1v) is 7.61. The summed E-state index contributed by atoms with van der Waals surface area (Å²) >= 11 is 0. The van der Waals surface area contributed by atoms with E-state index in [-0.39, 0.29) is 24.3 Å². The predicted molar refractivity (Wildman–Crippen MR) is 82.6 cm³/mol. The largest absolute Gasteiger partial charge is 0.454 e. The zero-order valence-corrected chi connectivity index (χ0v) is 12.5. The Morgan fingerprint density at radius 1 is 1.17 bits per heavy atom. The molecule has 1 unspecified atom stereocenters. The molecule has 0 bridgehead atoms. The number of aromatic nitrogens is 1. The summed E-state index contributed by atoms with van der Waals surface area (Å²) in [4.78, 5) is 28.3. The number of rotatable bonds is 2. The third-order valence-electron chi connectivity index (χ3n) is 4.33. The lowest BCUT2D eigenvalue weighted by Crippen LogP contribution is -2.31. The minimum absolute atomic E-state index is 0.0175. The molecule has 2 aromatic rings. The van der Waals surface area contributed by atoms with Gasteiger partial charge >= 0.3 is 0 Å². The molecule has 6 nitrogen and oxygen atoms in total. The molecule has 2 aliphatic heterocycles. The van der Waals surface area contributed by atoms with Crippen LogP contribution in [0.15, 0.2) is 41.3 Å². The van der Waals surface area contributed by atoms with Crippen molar-refractivity contribution in [3.05, 3.63) is 58.0 Å². The van der Waals surface area contributed by atoms with E-state index in [1.165, 1.54) is 12.3 Å². The van der Waals surface area contributed by atoms with Gasteiger partial charge in [0.15, 0.2) is 11.5 Å². The van der Waals surface area contributed by atoms with Gasteiger partial charge in [0.2, 0.25) is 12.4 Å². The summed E-state index contributed by atoms with van der Waals surface area (Å²) in [7, 11) is 0. The van der Waals surface area contributed by atoms with E-state index < -0.39 is 0 Å². The lowest BCUT2D eigenvalue weighted by atomic mass is 10.0. The van der Waals surface area contributed by atoms with E-state index >= 15 is 0 Å². The molecule has 1 aromatic heterocycles. The summed E-state index contributed by atoms with van der Waals surface area (Å²) in [6.45, 7) is 0.945. The van der Waals surface area contributed by atoms with Gasteiger partial charge in [-0.25, -0.2) is 0 Å². The van der Waals surface area contributed by atoms with Crippen LogP contribution in [-0.4, -0.2) is 29.1 Å². The summed E-state index contributed by atoms with van der Waals surface area (Å²) in [6, 6.07) is 8.78. The van der Waals surface area contributed by atoms with Crippen molar-refractivity contribution in [3.8, 4) is 11.5 Å². The molecular weight excluding hydrogens is 296 g/mol. The number of pyridine rings is 1. The number of H-pyrrole nitrogens is 1. The van der Waals surface area contributed by atoms with Crippen molar-refractivity contribution in [2.75, 3.05) is 13.3 Å². The second kappa shape index (κ2) is 5.46.